The van der Waals surface area contributed by atoms with Gasteiger partial charge < -0.3 is 10.1 Å². The van der Waals surface area contributed by atoms with Gasteiger partial charge in [0.25, 0.3) is 17.7 Å². The predicted octanol–water partition coefficient (Wildman–Crippen LogP) is 5.45. The molecule has 0 amide bonds. The highest BCUT2D eigenvalue weighted by atomic mass is 127. The zero-order chi connectivity index (χ0) is 26.5. The number of hydrogen-bond acceptors (Lipinski definition) is 9. The second kappa shape index (κ2) is 10.9. The number of nitro benzene ring substituents is 1. The predicted molar refractivity (Wildman–Crippen MR) is 123 cm³/mol. The van der Waals surface area contributed by atoms with Gasteiger partial charge in [-0.1, -0.05) is 24.3 Å². The number of ether oxygens (including phenoxy) is 1. The van der Waals surface area contributed by atoms with E-state index in [-0.39, 0.29) is 5.69 Å². The van der Waals surface area contributed by atoms with Crippen LogP contribution in [-0.2, 0) is 0 Å². The number of hydrazone groups is 1. The summed E-state index contributed by atoms with van der Waals surface area (Å²) in [5, 5.41) is 17.4. The monoisotopic (exact) mass is 627 g/mol. The Morgan fingerprint density at radius 2 is 1.67 bits per heavy atom. The zero-order valence-corrected chi connectivity index (χ0v) is 19.5. The minimum absolute atomic E-state index is 0.198. The maximum absolute atomic E-state index is 13.0. The molecule has 3 rings (SSSR count). The van der Waals surface area contributed by atoms with Crippen molar-refractivity contribution in [2.24, 2.45) is 5.10 Å². The van der Waals surface area contributed by atoms with Crippen molar-refractivity contribution < 1.29 is 36.0 Å². The summed E-state index contributed by atoms with van der Waals surface area (Å²) in [5.74, 6) is -1.25. The van der Waals surface area contributed by atoms with Gasteiger partial charge in [0.15, 0.2) is 0 Å². The van der Waals surface area contributed by atoms with E-state index in [1.54, 1.807) is 24.3 Å². The molecule has 1 heterocycles. The summed E-state index contributed by atoms with van der Waals surface area (Å²) < 4.78 is 82.7. The smallest absolute Gasteiger partial charge is 0.434 e. The van der Waals surface area contributed by atoms with E-state index in [0.717, 1.165) is 9.64 Å². The first-order chi connectivity index (χ1) is 16.8. The maximum atomic E-state index is 13.0. The first kappa shape index (κ1) is 26.8. The summed E-state index contributed by atoms with van der Waals surface area (Å²) in [5.41, 5.74) is 2.20. The second-order valence-corrected chi connectivity index (χ2v) is 7.92. The molecule has 0 spiro atoms. The molecule has 36 heavy (non-hydrogen) atoms. The molecule has 0 unspecified atom stereocenters. The summed E-state index contributed by atoms with van der Waals surface area (Å²) in [4.78, 5) is 21.0. The van der Waals surface area contributed by atoms with Crippen LogP contribution in [0.3, 0.4) is 0 Å². The van der Waals surface area contributed by atoms with Gasteiger partial charge in [0.2, 0.25) is 5.95 Å². The van der Waals surface area contributed by atoms with Crippen LogP contribution in [0.15, 0.2) is 53.6 Å². The third kappa shape index (κ3) is 7.36. The maximum Gasteiger partial charge on any atom is 0.434 e. The molecule has 0 aliphatic carbocycles. The Morgan fingerprint density at radius 1 is 1.00 bits per heavy atom. The standard InChI is InChI=1S/C19H12F6IN7O3/c20-18(21,22)14(19(23,24)25)36-17-30-15(28-12-6-1-2-7-13(12)33(34)35)29-16(31-17)32-27-9-10-4-3-5-11(26)8-10/h1-9,14H,(H2,28,29,30,31,32). The lowest BCUT2D eigenvalue weighted by Crippen LogP contribution is -2.46. The molecule has 0 bridgehead atoms. The number of rotatable bonds is 8. The summed E-state index contributed by atoms with van der Waals surface area (Å²) in [6, 6.07) is 10.6. The van der Waals surface area contributed by atoms with Gasteiger partial charge in [0.1, 0.15) is 5.69 Å². The molecule has 2 N–H and O–H groups in total. The summed E-state index contributed by atoms with van der Waals surface area (Å²) in [6.07, 6.45) is -14.6. The minimum atomic E-state index is -5.84. The molecule has 0 aliphatic rings. The van der Waals surface area contributed by atoms with Crippen molar-refractivity contribution in [2.45, 2.75) is 18.5 Å². The van der Waals surface area contributed by atoms with Crippen LogP contribution < -0.4 is 15.5 Å². The number of anilines is 3. The van der Waals surface area contributed by atoms with Gasteiger partial charge >= 0.3 is 18.4 Å². The summed E-state index contributed by atoms with van der Waals surface area (Å²) in [7, 11) is 0. The molecule has 0 saturated heterocycles. The molecular formula is C19H12F6IN7O3. The van der Waals surface area contributed by atoms with Crippen LogP contribution in [0.25, 0.3) is 0 Å². The van der Waals surface area contributed by atoms with Gasteiger partial charge in [-0.2, -0.15) is 46.4 Å². The van der Waals surface area contributed by atoms with E-state index in [2.05, 4.69) is 35.5 Å². The second-order valence-electron chi connectivity index (χ2n) is 6.67. The molecule has 17 heteroatoms. The van der Waals surface area contributed by atoms with E-state index in [1.165, 1.54) is 24.4 Å². The van der Waals surface area contributed by atoms with Crippen LogP contribution in [0.2, 0.25) is 0 Å². The highest BCUT2D eigenvalue weighted by molar-refractivity contribution is 14.1. The fourth-order valence-electron chi connectivity index (χ4n) is 2.55. The number of nitro groups is 1. The number of aromatic nitrogens is 3. The molecule has 0 atom stereocenters. The average Bonchev–Trinajstić information content (AvgIpc) is 2.76. The fourth-order valence-corrected chi connectivity index (χ4v) is 3.12. The average molecular weight is 627 g/mol. The number of nitrogens with zero attached hydrogens (tertiary/aromatic N) is 5. The molecule has 3 aromatic rings. The Kier molecular flexibility index (Phi) is 8.10. The van der Waals surface area contributed by atoms with Gasteiger partial charge in [0.05, 0.1) is 11.1 Å². The van der Waals surface area contributed by atoms with Crippen molar-refractivity contribution in [3.05, 3.63) is 67.8 Å². The van der Waals surface area contributed by atoms with Crippen molar-refractivity contribution in [3.8, 4) is 6.01 Å². The lowest BCUT2D eigenvalue weighted by Gasteiger charge is -2.22. The highest BCUT2D eigenvalue weighted by Gasteiger charge is 2.59. The minimum Gasteiger partial charge on any atom is -0.440 e. The van der Waals surface area contributed by atoms with Crippen LogP contribution >= 0.6 is 22.6 Å². The number of nitrogens with one attached hydrogen (secondary N) is 2. The first-order valence-electron chi connectivity index (χ1n) is 9.44. The molecule has 0 saturated carbocycles. The molecule has 0 radical (unpaired) electrons. The number of halogens is 7. The van der Waals surface area contributed by atoms with Crippen molar-refractivity contribution in [2.75, 3.05) is 10.7 Å². The van der Waals surface area contributed by atoms with Crippen molar-refractivity contribution >= 4 is 52.1 Å². The van der Waals surface area contributed by atoms with Crippen molar-refractivity contribution in [1.29, 1.82) is 0 Å². The first-order valence-corrected chi connectivity index (χ1v) is 10.5. The fraction of sp³-hybridized carbons (Fsp3) is 0.158. The largest absolute Gasteiger partial charge is 0.440 e. The topological polar surface area (TPSA) is 127 Å². The molecular weight excluding hydrogens is 615 g/mol. The van der Waals surface area contributed by atoms with Crippen LogP contribution in [0.1, 0.15) is 5.56 Å². The quantitative estimate of drug-likeness (QED) is 0.111. The molecule has 1 aromatic heterocycles. The Morgan fingerprint density at radius 3 is 2.31 bits per heavy atom. The van der Waals surface area contributed by atoms with E-state index >= 15 is 0 Å². The molecule has 10 nitrogen and oxygen atoms in total. The van der Waals surface area contributed by atoms with E-state index in [0.29, 0.717) is 5.56 Å². The molecule has 2 aromatic carbocycles. The SMILES string of the molecule is O=[N+]([O-])c1ccccc1Nc1nc(NN=Cc2cccc(I)c2)nc(OC(C(F)(F)F)C(F)(F)F)n1. The van der Waals surface area contributed by atoms with E-state index in [9.17, 15) is 36.5 Å². The Hall–Kier alpha value is -3.77. The summed E-state index contributed by atoms with van der Waals surface area (Å²) in [6.45, 7) is 0. The normalized spacial score (nSPS) is 12.1. The molecule has 190 valence electrons. The van der Waals surface area contributed by atoms with E-state index < -0.39 is 47.0 Å². The van der Waals surface area contributed by atoms with Crippen LogP contribution in [-0.4, -0.2) is 44.5 Å². The van der Waals surface area contributed by atoms with Crippen LogP contribution in [0.4, 0.5) is 49.6 Å². The molecule has 0 fully saturated rings. The van der Waals surface area contributed by atoms with E-state index in [1.807, 2.05) is 22.6 Å². The number of hydrogen-bond donors (Lipinski definition) is 2. The Balaban J connectivity index is 1.97. The van der Waals surface area contributed by atoms with Gasteiger partial charge in [-0.3, -0.25) is 10.1 Å². The Bertz CT molecular complexity index is 1260. The van der Waals surface area contributed by atoms with E-state index in [4.69, 9.17) is 0 Å². The third-order valence-electron chi connectivity index (χ3n) is 4.01. The lowest BCUT2D eigenvalue weighted by molar-refractivity contribution is -0.383. The molecule has 0 aliphatic heterocycles. The lowest BCUT2D eigenvalue weighted by atomic mass is 10.2. The third-order valence-corrected chi connectivity index (χ3v) is 4.68. The Labute approximate surface area is 211 Å². The number of benzene rings is 2. The summed E-state index contributed by atoms with van der Waals surface area (Å²) >= 11 is 2.05. The van der Waals surface area contributed by atoms with Crippen molar-refractivity contribution in [1.82, 2.24) is 15.0 Å². The van der Waals surface area contributed by atoms with Crippen LogP contribution in [0.5, 0.6) is 6.01 Å². The van der Waals surface area contributed by atoms with Gasteiger partial charge in [0, 0.05) is 9.64 Å². The van der Waals surface area contributed by atoms with Gasteiger partial charge in [-0.25, -0.2) is 5.43 Å². The van der Waals surface area contributed by atoms with Gasteiger partial charge in [-0.05, 0) is 46.4 Å². The number of alkyl halides is 6. The zero-order valence-electron chi connectivity index (χ0n) is 17.4. The highest BCUT2D eigenvalue weighted by Crippen LogP contribution is 2.36. The number of para-hydroxylation sites is 2. The van der Waals surface area contributed by atoms with Gasteiger partial charge in [-0.15, -0.1) is 0 Å². The van der Waals surface area contributed by atoms with Crippen molar-refractivity contribution in [3.63, 3.8) is 0 Å². The van der Waals surface area contributed by atoms with Crippen LogP contribution in [0, 0.1) is 13.7 Å².